The number of hydrogen-bond acceptors (Lipinski definition) is 3. The SMILES string of the molecule is Cc1ccc(N2N=C(C(C)(C)C)C(CCN)C2=O)c(C)c1. The standard InChI is InChI=1S/C17H25N3O/c1-11-6-7-14(12(2)10-11)20-16(21)13(8-9-18)15(19-20)17(3,4)5/h6-7,10,13H,8-9,18H2,1-5H3. The van der Waals surface area contributed by atoms with E-state index in [9.17, 15) is 4.79 Å². The molecular weight excluding hydrogens is 262 g/mol. The fourth-order valence-electron chi connectivity index (χ4n) is 2.81. The van der Waals surface area contributed by atoms with E-state index in [1.165, 1.54) is 5.56 Å². The summed E-state index contributed by atoms with van der Waals surface area (Å²) in [4.78, 5) is 12.7. The third-order valence-electron chi connectivity index (χ3n) is 3.85. The molecule has 0 saturated heterocycles. The van der Waals surface area contributed by atoms with Gasteiger partial charge in [-0.3, -0.25) is 4.79 Å². The molecule has 0 saturated carbocycles. The number of nitrogens with two attached hydrogens (primary N) is 1. The second-order valence-corrected chi connectivity index (χ2v) is 6.81. The van der Waals surface area contributed by atoms with Crippen LogP contribution in [0.5, 0.6) is 0 Å². The van der Waals surface area contributed by atoms with Crippen LogP contribution in [0.4, 0.5) is 5.69 Å². The number of carbonyl (C=O) groups is 1. The lowest BCUT2D eigenvalue weighted by atomic mass is 9.81. The zero-order chi connectivity index (χ0) is 15.8. The Hall–Kier alpha value is -1.68. The predicted octanol–water partition coefficient (Wildman–Crippen LogP) is 3.02. The summed E-state index contributed by atoms with van der Waals surface area (Å²) in [5, 5.41) is 6.21. The van der Waals surface area contributed by atoms with Crippen LogP contribution in [0.2, 0.25) is 0 Å². The highest BCUT2D eigenvalue weighted by Crippen LogP contribution is 2.34. The number of hydrogen-bond donors (Lipinski definition) is 1. The van der Waals surface area contributed by atoms with Crippen LogP contribution in [-0.2, 0) is 4.79 Å². The molecule has 21 heavy (non-hydrogen) atoms. The van der Waals surface area contributed by atoms with Gasteiger partial charge in [0.25, 0.3) is 5.91 Å². The second-order valence-electron chi connectivity index (χ2n) is 6.81. The Bertz CT molecular complexity index is 584. The molecule has 114 valence electrons. The van der Waals surface area contributed by atoms with Gasteiger partial charge < -0.3 is 5.73 Å². The quantitative estimate of drug-likeness (QED) is 0.929. The zero-order valence-corrected chi connectivity index (χ0v) is 13.6. The normalized spacial score (nSPS) is 19.1. The molecule has 4 heteroatoms. The van der Waals surface area contributed by atoms with Crippen molar-refractivity contribution in [2.45, 2.75) is 41.0 Å². The number of carbonyl (C=O) groups excluding carboxylic acids is 1. The van der Waals surface area contributed by atoms with E-state index in [1.807, 2.05) is 26.0 Å². The van der Waals surface area contributed by atoms with Crippen molar-refractivity contribution in [3.63, 3.8) is 0 Å². The molecule has 1 unspecified atom stereocenters. The third-order valence-corrected chi connectivity index (χ3v) is 3.85. The Kier molecular flexibility index (Phi) is 4.19. The van der Waals surface area contributed by atoms with Crippen molar-refractivity contribution in [2.24, 2.45) is 22.2 Å². The smallest absolute Gasteiger partial charge is 0.256 e. The van der Waals surface area contributed by atoms with Gasteiger partial charge in [-0.15, -0.1) is 0 Å². The Morgan fingerprint density at radius 1 is 1.29 bits per heavy atom. The Morgan fingerprint density at radius 2 is 1.95 bits per heavy atom. The number of benzene rings is 1. The topological polar surface area (TPSA) is 58.7 Å². The first-order valence-corrected chi connectivity index (χ1v) is 7.46. The Morgan fingerprint density at radius 3 is 2.48 bits per heavy atom. The summed E-state index contributed by atoms with van der Waals surface area (Å²) in [6, 6.07) is 6.06. The monoisotopic (exact) mass is 287 g/mol. The van der Waals surface area contributed by atoms with Gasteiger partial charge in [0.2, 0.25) is 0 Å². The summed E-state index contributed by atoms with van der Waals surface area (Å²) < 4.78 is 0. The highest BCUT2D eigenvalue weighted by atomic mass is 16.2. The molecular formula is C17H25N3O. The number of rotatable bonds is 3. The number of nitrogens with zero attached hydrogens (tertiary/aromatic N) is 2. The van der Waals surface area contributed by atoms with Crippen LogP contribution in [0.15, 0.2) is 23.3 Å². The fraction of sp³-hybridized carbons (Fsp3) is 0.529. The van der Waals surface area contributed by atoms with Crippen molar-refractivity contribution < 1.29 is 4.79 Å². The highest BCUT2D eigenvalue weighted by Gasteiger charge is 2.41. The maximum atomic E-state index is 12.7. The Labute approximate surface area is 127 Å². The first-order chi connectivity index (χ1) is 9.75. The van der Waals surface area contributed by atoms with Gasteiger partial charge in [-0.25, -0.2) is 0 Å². The first-order valence-electron chi connectivity index (χ1n) is 7.46. The minimum atomic E-state index is -0.198. The molecule has 1 aromatic rings. The van der Waals surface area contributed by atoms with Crippen molar-refractivity contribution in [1.82, 2.24) is 0 Å². The van der Waals surface area contributed by atoms with Crippen molar-refractivity contribution >= 4 is 17.3 Å². The summed E-state index contributed by atoms with van der Waals surface area (Å²) in [5.41, 5.74) is 9.59. The van der Waals surface area contributed by atoms with E-state index in [0.29, 0.717) is 13.0 Å². The molecule has 1 aliphatic heterocycles. The maximum absolute atomic E-state index is 12.7. The number of aryl methyl sites for hydroxylation is 2. The van der Waals surface area contributed by atoms with Gasteiger partial charge in [-0.2, -0.15) is 10.1 Å². The second kappa shape index (κ2) is 5.60. The maximum Gasteiger partial charge on any atom is 0.256 e. The summed E-state index contributed by atoms with van der Waals surface area (Å²) in [5.74, 6) is -0.159. The lowest BCUT2D eigenvalue weighted by molar-refractivity contribution is -0.119. The van der Waals surface area contributed by atoms with E-state index in [-0.39, 0.29) is 17.2 Å². The van der Waals surface area contributed by atoms with E-state index in [1.54, 1.807) is 5.01 Å². The highest BCUT2D eigenvalue weighted by molar-refractivity contribution is 6.17. The van der Waals surface area contributed by atoms with Crippen LogP contribution >= 0.6 is 0 Å². The molecule has 0 aromatic heterocycles. The van der Waals surface area contributed by atoms with Crippen LogP contribution in [0, 0.1) is 25.2 Å². The largest absolute Gasteiger partial charge is 0.330 e. The molecule has 1 amide bonds. The molecule has 2 N–H and O–H groups in total. The molecule has 0 aliphatic carbocycles. The van der Waals surface area contributed by atoms with E-state index in [0.717, 1.165) is 17.0 Å². The Balaban J connectivity index is 2.45. The molecule has 2 rings (SSSR count). The number of hydrazone groups is 1. The van der Waals surface area contributed by atoms with Gasteiger partial charge in [0.05, 0.1) is 17.3 Å². The molecule has 0 fully saturated rings. The van der Waals surface area contributed by atoms with E-state index in [4.69, 9.17) is 5.73 Å². The number of amides is 1. The summed E-state index contributed by atoms with van der Waals surface area (Å²) in [7, 11) is 0. The van der Waals surface area contributed by atoms with E-state index >= 15 is 0 Å². The molecule has 0 radical (unpaired) electrons. The molecule has 1 heterocycles. The molecule has 1 aliphatic rings. The van der Waals surface area contributed by atoms with Gasteiger partial charge in [0.1, 0.15) is 0 Å². The third kappa shape index (κ3) is 3.00. The average Bonchev–Trinajstić information content (AvgIpc) is 2.68. The molecule has 1 atom stereocenters. The fourth-order valence-corrected chi connectivity index (χ4v) is 2.81. The minimum Gasteiger partial charge on any atom is -0.330 e. The van der Waals surface area contributed by atoms with Crippen LogP contribution in [0.25, 0.3) is 0 Å². The van der Waals surface area contributed by atoms with Crippen LogP contribution in [0.1, 0.15) is 38.3 Å². The molecule has 0 spiro atoms. The lowest BCUT2D eigenvalue weighted by Crippen LogP contribution is -2.33. The van der Waals surface area contributed by atoms with Crippen molar-refractivity contribution in [3.05, 3.63) is 29.3 Å². The van der Waals surface area contributed by atoms with Crippen LogP contribution in [0.3, 0.4) is 0 Å². The van der Waals surface area contributed by atoms with Gasteiger partial charge in [0.15, 0.2) is 0 Å². The summed E-state index contributed by atoms with van der Waals surface area (Å²) in [6.45, 7) is 10.8. The molecule has 4 nitrogen and oxygen atoms in total. The van der Waals surface area contributed by atoms with Crippen molar-refractivity contribution in [3.8, 4) is 0 Å². The zero-order valence-electron chi connectivity index (χ0n) is 13.6. The first kappa shape index (κ1) is 15.7. The molecule has 1 aromatic carbocycles. The van der Waals surface area contributed by atoms with Crippen LogP contribution < -0.4 is 10.7 Å². The van der Waals surface area contributed by atoms with Crippen molar-refractivity contribution in [2.75, 3.05) is 11.6 Å². The van der Waals surface area contributed by atoms with Gasteiger partial charge in [0, 0.05) is 5.41 Å². The van der Waals surface area contributed by atoms with Crippen LogP contribution in [-0.4, -0.2) is 18.2 Å². The average molecular weight is 287 g/mol. The van der Waals surface area contributed by atoms with Gasteiger partial charge in [-0.05, 0) is 38.4 Å². The summed E-state index contributed by atoms with van der Waals surface area (Å²) in [6.07, 6.45) is 0.649. The van der Waals surface area contributed by atoms with E-state index < -0.39 is 0 Å². The number of anilines is 1. The summed E-state index contributed by atoms with van der Waals surface area (Å²) >= 11 is 0. The molecule has 0 bridgehead atoms. The van der Waals surface area contributed by atoms with Crippen molar-refractivity contribution in [1.29, 1.82) is 0 Å². The predicted molar refractivity (Wildman–Crippen MR) is 87.5 cm³/mol. The van der Waals surface area contributed by atoms with Gasteiger partial charge >= 0.3 is 0 Å². The minimum absolute atomic E-state index is 0.0392. The lowest BCUT2D eigenvalue weighted by Gasteiger charge is -2.21. The van der Waals surface area contributed by atoms with Gasteiger partial charge in [-0.1, -0.05) is 38.5 Å². The van der Waals surface area contributed by atoms with E-state index in [2.05, 4.69) is 31.9 Å².